The van der Waals surface area contributed by atoms with Crippen LogP contribution in [0.25, 0.3) is 0 Å². The van der Waals surface area contributed by atoms with E-state index in [1.165, 1.54) is 0 Å². The first kappa shape index (κ1) is 14.4. The minimum atomic E-state index is -0.912. The van der Waals surface area contributed by atoms with E-state index < -0.39 is 11.9 Å². The quantitative estimate of drug-likeness (QED) is 0.885. The minimum Gasteiger partial charge on any atom is -0.481 e. The lowest BCUT2D eigenvalue weighted by atomic mass is 10.3. The predicted octanol–water partition coefficient (Wildman–Crippen LogP) is 2.46. The number of anilines is 1. The SMILES string of the molecule is O=C(O)CCc1nnc(C(=O)Nc2cccc(Cl)c2)s1. The van der Waals surface area contributed by atoms with Gasteiger partial charge in [-0.3, -0.25) is 9.59 Å². The van der Waals surface area contributed by atoms with Crippen molar-refractivity contribution in [2.45, 2.75) is 12.8 Å². The maximum atomic E-state index is 11.9. The van der Waals surface area contributed by atoms with Crippen molar-refractivity contribution in [1.29, 1.82) is 0 Å². The van der Waals surface area contributed by atoms with Crippen LogP contribution in [0.5, 0.6) is 0 Å². The minimum absolute atomic E-state index is 0.0372. The molecule has 0 aliphatic rings. The number of carboxylic acids is 1. The largest absolute Gasteiger partial charge is 0.481 e. The number of aliphatic carboxylic acids is 1. The third kappa shape index (κ3) is 4.01. The normalized spacial score (nSPS) is 10.2. The first-order chi connectivity index (χ1) is 9.54. The number of hydrogen-bond donors (Lipinski definition) is 2. The standard InChI is InChI=1S/C12H10ClN3O3S/c13-7-2-1-3-8(6-7)14-11(19)12-16-15-9(20-12)4-5-10(17)18/h1-3,6H,4-5H2,(H,14,19)(H,17,18). The lowest BCUT2D eigenvalue weighted by molar-refractivity contribution is -0.136. The van der Waals surface area contributed by atoms with Crippen molar-refractivity contribution >= 4 is 40.5 Å². The summed E-state index contributed by atoms with van der Waals surface area (Å²) in [6.45, 7) is 0. The van der Waals surface area contributed by atoms with E-state index >= 15 is 0 Å². The van der Waals surface area contributed by atoms with Crippen molar-refractivity contribution in [2.75, 3.05) is 5.32 Å². The second kappa shape index (κ2) is 6.44. The van der Waals surface area contributed by atoms with Crippen LogP contribution in [0.2, 0.25) is 5.02 Å². The average molecular weight is 312 g/mol. The van der Waals surface area contributed by atoms with Gasteiger partial charge in [0.25, 0.3) is 5.91 Å². The zero-order chi connectivity index (χ0) is 14.5. The van der Waals surface area contributed by atoms with Crippen LogP contribution in [-0.4, -0.2) is 27.2 Å². The van der Waals surface area contributed by atoms with Crippen molar-refractivity contribution in [3.05, 3.63) is 39.3 Å². The van der Waals surface area contributed by atoms with Crippen LogP contribution < -0.4 is 5.32 Å². The number of aromatic nitrogens is 2. The molecule has 0 saturated heterocycles. The molecule has 0 spiro atoms. The number of nitrogens with zero attached hydrogens (tertiary/aromatic N) is 2. The van der Waals surface area contributed by atoms with Gasteiger partial charge in [0.2, 0.25) is 5.01 Å². The number of halogens is 1. The monoisotopic (exact) mass is 311 g/mol. The summed E-state index contributed by atoms with van der Waals surface area (Å²) in [4.78, 5) is 22.4. The van der Waals surface area contributed by atoms with Gasteiger partial charge in [-0.15, -0.1) is 10.2 Å². The van der Waals surface area contributed by atoms with Crippen molar-refractivity contribution in [3.63, 3.8) is 0 Å². The smallest absolute Gasteiger partial charge is 0.303 e. The van der Waals surface area contributed by atoms with Gasteiger partial charge in [-0.2, -0.15) is 0 Å². The van der Waals surface area contributed by atoms with Crippen LogP contribution in [0.4, 0.5) is 5.69 Å². The highest BCUT2D eigenvalue weighted by molar-refractivity contribution is 7.13. The van der Waals surface area contributed by atoms with E-state index in [0.29, 0.717) is 15.7 Å². The summed E-state index contributed by atoms with van der Waals surface area (Å²) < 4.78 is 0. The van der Waals surface area contributed by atoms with Gasteiger partial charge in [-0.25, -0.2) is 0 Å². The van der Waals surface area contributed by atoms with Gasteiger partial charge in [0.15, 0.2) is 0 Å². The summed E-state index contributed by atoms with van der Waals surface area (Å²) in [5, 5.41) is 20.0. The number of carboxylic acid groups (broad SMARTS) is 1. The molecule has 0 radical (unpaired) electrons. The summed E-state index contributed by atoms with van der Waals surface area (Å²) in [6, 6.07) is 6.74. The van der Waals surface area contributed by atoms with E-state index in [1.807, 2.05) is 0 Å². The zero-order valence-corrected chi connectivity index (χ0v) is 11.7. The Labute approximate surface area is 123 Å². The van der Waals surface area contributed by atoms with Gasteiger partial charge >= 0.3 is 5.97 Å². The molecule has 8 heteroatoms. The molecule has 2 aromatic rings. The lowest BCUT2D eigenvalue weighted by Crippen LogP contribution is -2.11. The predicted molar refractivity (Wildman–Crippen MR) is 75.3 cm³/mol. The molecule has 1 aromatic carbocycles. The molecule has 104 valence electrons. The van der Waals surface area contributed by atoms with Gasteiger partial charge in [0.05, 0.1) is 6.42 Å². The molecule has 0 aliphatic heterocycles. The molecular weight excluding hydrogens is 302 g/mol. The van der Waals surface area contributed by atoms with Crippen LogP contribution in [0.15, 0.2) is 24.3 Å². The molecule has 1 aromatic heterocycles. The van der Waals surface area contributed by atoms with E-state index in [2.05, 4.69) is 15.5 Å². The summed E-state index contributed by atoms with van der Waals surface area (Å²) >= 11 is 6.89. The third-order valence-electron chi connectivity index (χ3n) is 2.30. The summed E-state index contributed by atoms with van der Waals surface area (Å²) in [5.41, 5.74) is 0.560. The number of carbonyl (C=O) groups is 2. The van der Waals surface area contributed by atoms with Crippen molar-refractivity contribution in [1.82, 2.24) is 10.2 Å². The van der Waals surface area contributed by atoms with Crippen LogP contribution in [0.1, 0.15) is 21.2 Å². The third-order valence-corrected chi connectivity index (χ3v) is 3.51. The molecule has 20 heavy (non-hydrogen) atoms. The Balaban J connectivity index is 2.01. The molecular formula is C12H10ClN3O3S. The highest BCUT2D eigenvalue weighted by Crippen LogP contribution is 2.17. The zero-order valence-electron chi connectivity index (χ0n) is 10.2. The topological polar surface area (TPSA) is 92.2 Å². The van der Waals surface area contributed by atoms with Crippen LogP contribution in [0, 0.1) is 0 Å². The molecule has 0 unspecified atom stereocenters. The second-order valence-electron chi connectivity index (χ2n) is 3.86. The number of nitrogens with one attached hydrogen (secondary N) is 1. The molecule has 0 saturated carbocycles. The maximum Gasteiger partial charge on any atom is 0.303 e. The van der Waals surface area contributed by atoms with E-state index in [1.54, 1.807) is 24.3 Å². The molecule has 0 fully saturated rings. The first-order valence-corrected chi connectivity index (χ1v) is 6.85. The number of rotatable bonds is 5. The fraction of sp³-hybridized carbons (Fsp3) is 0.167. The molecule has 1 heterocycles. The number of carbonyl (C=O) groups excluding carboxylic acids is 1. The Bertz CT molecular complexity index is 644. The number of benzene rings is 1. The fourth-order valence-corrected chi connectivity index (χ4v) is 2.34. The molecule has 1 amide bonds. The Hall–Kier alpha value is -1.99. The van der Waals surface area contributed by atoms with E-state index in [-0.39, 0.29) is 17.8 Å². The summed E-state index contributed by atoms with van der Waals surface area (Å²) in [6.07, 6.45) is 0.224. The highest BCUT2D eigenvalue weighted by atomic mass is 35.5. The number of hydrogen-bond acceptors (Lipinski definition) is 5. The van der Waals surface area contributed by atoms with Gasteiger partial charge in [0, 0.05) is 17.1 Å². The summed E-state index contributed by atoms with van der Waals surface area (Å²) in [5.74, 6) is -1.31. The molecule has 0 bridgehead atoms. The van der Waals surface area contributed by atoms with Crippen molar-refractivity contribution in [3.8, 4) is 0 Å². The molecule has 2 rings (SSSR count). The number of amides is 1. The van der Waals surface area contributed by atoms with Crippen LogP contribution >= 0.6 is 22.9 Å². The molecule has 0 atom stereocenters. The van der Waals surface area contributed by atoms with E-state index in [4.69, 9.17) is 16.7 Å². The Morgan fingerprint density at radius 3 is 2.85 bits per heavy atom. The van der Waals surface area contributed by atoms with Crippen LogP contribution in [0.3, 0.4) is 0 Å². The number of aryl methyl sites for hydroxylation is 1. The summed E-state index contributed by atoms with van der Waals surface area (Å²) in [7, 11) is 0. The van der Waals surface area contributed by atoms with Crippen molar-refractivity contribution < 1.29 is 14.7 Å². The fourth-order valence-electron chi connectivity index (χ4n) is 1.41. The van der Waals surface area contributed by atoms with E-state index in [0.717, 1.165) is 11.3 Å². The Morgan fingerprint density at radius 2 is 2.15 bits per heavy atom. The Morgan fingerprint density at radius 1 is 1.35 bits per heavy atom. The van der Waals surface area contributed by atoms with Gasteiger partial charge in [-0.05, 0) is 18.2 Å². The molecule has 2 N–H and O–H groups in total. The Kier molecular flexibility index (Phi) is 4.65. The van der Waals surface area contributed by atoms with Gasteiger partial charge in [-0.1, -0.05) is 29.0 Å². The van der Waals surface area contributed by atoms with Gasteiger partial charge in [0.1, 0.15) is 5.01 Å². The molecule has 0 aliphatic carbocycles. The first-order valence-electron chi connectivity index (χ1n) is 5.65. The van der Waals surface area contributed by atoms with Crippen LogP contribution in [-0.2, 0) is 11.2 Å². The van der Waals surface area contributed by atoms with Gasteiger partial charge < -0.3 is 10.4 Å². The van der Waals surface area contributed by atoms with E-state index in [9.17, 15) is 9.59 Å². The molecule has 6 nitrogen and oxygen atoms in total. The lowest BCUT2D eigenvalue weighted by Gasteiger charge is -2.02. The maximum absolute atomic E-state index is 11.9. The second-order valence-corrected chi connectivity index (χ2v) is 5.36. The van der Waals surface area contributed by atoms with Crippen molar-refractivity contribution in [2.24, 2.45) is 0 Å². The average Bonchev–Trinajstić information content (AvgIpc) is 2.85. The highest BCUT2D eigenvalue weighted by Gasteiger charge is 2.13.